The third-order valence-corrected chi connectivity index (χ3v) is 2.81. The molecule has 2 aromatic rings. The maximum atomic E-state index is 12.0. The maximum Gasteiger partial charge on any atom is 0.256 e. The van der Waals surface area contributed by atoms with E-state index in [9.17, 15) is 4.79 Å². The summed E-state index contributed by atoms with van der Waals surface area (Å²) in [4.78, 5) is 12.0. The highest BCUT2D eigenvalue weighted by Gasteiger charge is 2.36. The van der Waals surface area contributed by atoms with E-state index < -0.39 is 9.58 Å². The van der Waals surface area contributed by atoms with Crippen molar-refractivity contribution < 1.29 is 4.79 Å². The normalized spacial score (nSPS) is 11.6. The summed E-state index contributed by atoms with van der Waals surface area (Å²) >= 11 is 16.8. The fraction of sp³-hybridized carbons (Fsp3) is 0.182. The van der Waals surface area contributed by atoms with Crippen LogP contribution in [0.1, 0.15) is 16.4 Å². The molecule has 0 amide bonds. The number of ketones is 1. The number of para-hydroxylation sites is 1. The van der Waals surface area contributed by atoms with Crippen molar-refractivity contribution in [2.45, 2.75) is 10.7 Å². The molecule has 2 rings (SSSR count). The first-order valence-corrected chi connectivity index (χ1v) is 6.13. The predicted molar refractivity (Wildman–Crippen MR) is 70.7 cm³/mol. The first kappa shape index (κ1) is 13.3. The van der Waals surface area contributed by atoms with E-state index in [0.717, 1.165) is 5.69 Å². The van der Waals surface area contributed by atoms with E-state index in [4.69, 9.17) is 34.8 Å². The third-order valence-electron chi connectivity index (χ3n) is 2.30. The Balaban J connectivity index is 2.56. The van der Waals surface area contributed by atoms with Gasteiger partial charge in [-0.3, -0.25) is 9.36 Å². The molecule has 0 aliphatic carbocycles. The number of halogens is 3. The van der Waals surface area contributed by atoms with Gasteiger partial charge in [0.15, 0.2) is 0 Å². The van der Waals surface area contributed by atoms with E-state index in [2.05, 4.69) is 10.2 Å². The van der Waals surface area contributed by atoms with Gasteiger partial charge in [-0.2, -0.15) is 0 Å². The Labute approximate surface area is 118 Å². The Kier molecular flexibility index (Phi) is 3.61. The van der Waals surface area contributed by atoms with Gasteiger partial charge in [-0.05, 0) is 19.1 Å². The summed E-state index contributed by atoms with van der Waals surface area (Å²) in [6.45, 7) is 1.72. The molecular weight excluding hydrogens is 297 g/mol. The van der Waals surface area contributed by atoms with Gasteiger partial charge < -0.3 is 0 Å². The van der Waals surface area contributed by atoms with Crippen LogP contribution in [-0.2, 0) is 0 Å². The fourth-order valence-corrected chi connectivity index (χ4v) is 1.78. The Morgan fingerprint density at radius 2 is 1.78 bits per heavy atom. The highest BCUT2D eigenvalue weighted by Crippen LogP contribution is 2.30. The van der Waals surface area contributed by atoms with E-state index >= 15 is 0 Å². The molecule has 0 atom stereocenters. The highest BCUT2D eigenvalue weighted by molar-refractivity contribution is 6.77. The summed E-state index contributed by atoms with van der Waals surface area (Å²) in [5.74, 6) is -0.172. The summed E-state index contributed by atoms with van der Waals surface area (Å²) in [5.41, 5.74) is 0.734. The molecule has 0 N–H and O–H groups in total. The SMILES string of the molecule is Cc1nnc(C(=O)C(Cl)(Cl)Cl)n1-c1ccccc1. The molecule has 0 radical (unpaired) electrons. The molecule has 0 aliphatic rings. The molecular formula is C11H8Cl3N3O. The van der Waals surface area contributed by atoms with Crippen LogP contribution in [0.5, 0.6) is 0 Å². The average molecular weight is 305 g/mol. The summed E-state index contributed by atoms with van der Waals surface area (Å²) in [7, 11) is 0. The number of aromatic nitrogens is 3. The largest absolute Gasteiger partial charge is 0.286 e. The number of rotatable bonds is 2. The summed E-state index contributed by atoms with van der Waals surface area (Å²) in [5, 5.41) is 7.61. The zero-order chi connectivity index (χ0) is 13.3. The molecule has 0 saturated heterocycles. The molecule has 94 valence electrons. The minimum absolute atomic E-state index is 0.00120. The van der Waals surface area contributed by atoms with Crippen LogP contribution < -0.4 is 0 Å². The van der Waals surface area contributed by atoms with Crippen molar-refractivity contribution in [3.05, 3.63) is 42.0 Å². The van der Waals surface area contributed by atoms with Gasteiger partial charge in [-0.25, -0.2) is 0 Å². The zero-order valence-electron chi connectivity index (χ0n) is 9.27. The lowest BCUT2D eigenvalue weighted by atomic mass is 10.3. The fourth-order valence-electron chi connectivity index (χ4n) is 1.52. The van der Waals surface area contributed by atoms with E-state index in [-0.39, 0.29) is 5.82 Å². The maximum absolute atomic E-state index is 12.0. The van der Waals surface area contributed by atoms with Crippen LogP contribution in [0.3, 0.4) is 0 Å². The number of carbonyl (C=O) groups is 1. The number of aryl methyl sites for hydroxylation is 1. The van der Waals surface area contributed by atoms with Crippen molar-refractivity contribution in [1.29, 1.82) is 0 Å². The quantitative estimate of drug-likeness (QED) is 0.632. The second-order valence-corrected chi connectivity index (χ2v) is 5.85. The Bertz CT molecular complexity index is 575. The van der Waals surface area contributed by atoms with Gasteiger partial charge >= 0.3 is 0 Å². The lowest BCUT2D eigenvalue weighted by Crippen LogP contribution is -2.23. The lowest BCUT2D eigenvalue weighted by Gasteiger charge is -2.11. The van der Waals surface area contributed by atoms with Gasteiger partial charge in [0.1, 0.15) is 5.82 Å². The predicted octanol–water partition coefficient (Wildman–Crippen LogP) is 3.13. The Morgan fingerprint density at radius 1 is 1.17 bits per heavy atom. The van der Waals surface area contributed by atoms with E-state index in [1.807, 2.05) is 30.3 Å². The second-order valence-electron chi connectivity index (χ2n) is 3.57. The van der Waals surface area contributed by atoms with Crippen molar-refractivity contribution in [2.75, 3.05) is 0 Å². The van der Waals surface area contributed by atoms with Gasteiger partial charge in [0.05, 0.1) is 0 Å². The molecule has 0 fully saturated rings. The van der Waals surface area contributed by atoms with Crippen LogP contribution in [0.15, 0.2) is 30.3 Å². The molecule has 7 heteroatoms. The molecule has 1 aromatic heterocycles. The third kappa shape index (κ3) is 2.51. The highest BCUT2D eigenvalue weighted by atomic mass is 35.6. The van der Waals surface area contributed by atoms with Gasteiger partial charge in [-0.15, -0.1) is 10.2 Å². The van der Waals surface area contributed by atoms with Crippen LogP contribution in [0.4, 0.5) is 0 Å². The van der Waals surface area contributed by atoms with Crippen LogP contribution in [0.25, 0.3) is 5.69 Å². The van der Waals surface area contributed by atoms with E-state index in [1.165, 1.54) is 0 Å². The van der Waals surface area contributed by atoms with E-state index in [1.54, 1.807) is 11.5 Å². The molecule has 4 nitrogen and oxygen atoms in total. The number of alkyl halides is 3. The number of Topliss-reactive ketones (excluding diaryl/α,β-unsaturated/α-hetero) is 1. The Morgan fingerprint density at radius 3 is 2.33 bits per heavy atom. The number of benzene rings is 1. The second kappa shape index (κ2) is 4.88. The van der Waals surface area contributed by atoms with Crippen molar-refractivity contribution in [3.63, 3.8) is 0 Å². The molecule has 18 heavy (non-hydrogen) atoms. The standard InChI is InChI=1S/C11H8Cl3N3O/c1-7-15-16-10(9(18)11(12,13)14)17(7)8-5-3-2-4-6-8/h2-6H,1H3. The topological polar surface area (TPSA) is 47.8 Å². The van der Waals surface area contributed by atoms with Crippen LogP contribution >= 0.6 is 34.8 Å². The molecule has 0 saturated carbocycles. The number of hydrogen-bond acceptors (Lipinski definition) is 3. The Hall–Kier alpha value is -1.10. The molecule has 0 aliphatic heterocycles. The first-order chi connectivity index (χ1) is 8.41. The molecule has 0 spiro atoms. The van der Waals surface area contributed by atoms with Gasteiger partial charge in [-0.1, -0.05) is 53.0 Å². The van der Waals surface area contributed by atoms with Crippen molar-refractivity contribution in [1.82, 2.24) is 14.8 Å². The number of hydrogen-bond donors (Lipinski definition) is 0. The average Bonchev–Trinajstić information content (AvgIpc) is 2.70. The van der Waals surface area contributed by atoms with Crippen LogP contribution in [0.2, 0.25) is 0 Å². The summed E-state index contributed by atoms with van der Waals surface area (Å²) in [6, 6.07) is 9.15. The van der Waals surface area contributed by atoms with Gasteiger partial charge in [0.25, 0.3) is 9.58 Å². The molecule has 1 aromatic carbocycles. The monoisotopic (exact) mass is 303 g/mol. The molecule has 1 heterocycles. The zero-order valence-corrected chi connectivity index (χ0v) is 11.5. The minimum Gasteiger partial charge on any atom is -0.286 e. The van der Waals surface area contributed by atoms with Gasteiger partial charge in [0.2, 0.25) is 5.82 Å². The van der Waals surface area contributed by atoms with Crippen molar-refractivity contribution >= 4 is 40.6 Å². The van der Waals surface area contributed by atoms with Crippen molar-refractivity contribution in [3.8, 4) is 5.69 Å². The minimum atomic E-state index is -2.05. The molecule has 0 unspecified atom stereocenters. The molecule has 0 bridgehead atoms. The number of nitrogens with zero attached hydrogens (tertiary/aromatic N) is 3. The first-order valence-electron chi connectivity index (χ1n) is 5.00. The lowest BCUT2D eigenvalue weighted by molar-refractivity contribution is 0.0984. The summed E-state index contributed by atoms with van der Waals surface area (Å²) < 4.78 is -0.504. The van der Waals surface area contributed by atoms with Crippen molar-refractivity contribution in [2.24, 2.45) is 0 Å². The van der Waals surface area contributed by atoms with Crippen LogP contribution in [-0.4, -0.2) is 24.3 Å². The number of carbonyl (C=O) groups excluding carboxylic acids is 1. The smallest absolute Gasteiger partial charge is 0.256 e. The van der Waals surface area contributed by atoms with Crippen LogP contribution in [0, 0.1) is 6.92 Å². The van der Waals surface area contributed by atoms with E-state index in [0.29, 0.717) is 5.82 Å². The summed E-state index contributed by atoms with van der Waals surface area (Å²) in [6.07, 6.45) is 0. The van der Waals surface area contributed by atoms with Gasteiger partial charge in [0, 0.05) is 5.69 Å².